The minimum absolute atomic E-state index is 0.109. The van der Waals surface area contributed by atoms with E-state index in [1.807, 2.05) is 17.5 Å². The maximum atomic E-state index is 12.5. The van der Waals surface area contributed by atoms with Crippen LogP contribution < -0.4 is 0 Å². The van der Waals surface area contributed by atoms with Gasteiger partial charge in [0.15, 0.2) is 0 Å². The lowest BCUT2D eigenvalue weighted by Gasteiger charge is -2.46. The average molecular weight is 377 g/mol. The molecule has 2 aliphatic rings. The van der Waals surface area contributed by atoms with Crippen LogP contribution in [0.5, 0.6) is 0 Å². The third-order valence-electron chi connectivity index (χ3n) is 7.24. The molecule has 26 heavy (non-hydrogen) atoms. The predicted molar refractivity (Wildman–Crippen MR) is 110 cm³/mol. The topological polar surface area (TPSA) is 26.3 Å². The lowest BCUT2D eigenvalue weighted by Crippen LogP contribution is -2.43. The molecule has 2 nitrogen and oxygen atoms in total. The summed E-state index contributed by atoms with van der Waals surface area (Å²) in [5.74, 6) is 2.84. The number of ether oxygens (including phenoxy) is 1. The molecule has 0 amide bonds. The van der Waals surface area contributed by atoms with E-state index in [0.717, 1.165) is 29.1 Å². The summed E-state index contributed by atoms with van der Waals surface area (Å²) >= 11 is 1.49. The number of esters is 1. The molecule has 2 aliphatic carbocycles. The lowest BCUT2D eigenvalue weighted by atomic mass is 9.61. The molecule has 5 atom stereocenters. The van der Waals surface area contributed by atoms with Gasteiger partial charge < -0.3 is 4.74 Å². The Morgan fingerprint density at radius 3 is 2.77 bits per heavy atom. The second-order valence-electron chi connectivity index (χ2n) is 9.41. The van der Waals surface area contributed by atoms with Gasteiger partial charge in [0.2, 0.25) is 0 Å². The number of carbonyl (C=O) groups is 1. The molecule has 0 radical (unpaired) electrons. The Morgan fingerprint density at radius 2 is 2.08 bits per heavy atom. The van der Waals surface area contributed by atoms with Crippen LogP contribution in [-0.4, -0.2) is 12.1 Å². The highest BCUT2D eigenvalue weighted by Crippen LogP contribution is 2.58. The predicted octanol–water partition coefficient (Wildman–Crippen LogP) is 6.95. The van der Waals surface area contributed by atoms with Crippen LogP contribution in [0.25, 0.3) is 0 Å². The fourth-order valence-corrected chi connectivity index (χ4v) is 6.48. The molecule has 1 aromatic heterocycles. The van der Waals surface area contributed by atoms with Gasteiger partial charge in [0.1, 0.15) is 11.0 Å². The van der Waals surface area contributed by atoms with Crippen molar-refractivity contribution in [1.29, 1.82) is 0 Å². The van der Waals surface area contributed by atoms with Crippen molar-refractivity contribution in [2.24, 2.45) is 29.1 Å². The van der Waals surface area contributed by atoms with Crippen molar-refractivity contribution in [3.63, 3.8) is 0 Å². The largest absolute Gasteiger partial charge is 0.458 e. The van der Waals surface area contributed by atoms with Gasteiger partial charge >= 0.3 is 5.97 Å². The first-order valence-corrected chi connectivity index (χ1v) is 11.5. The molecule has 3 rings (SSSR count). The summed E-state index contributed by atoms with van der Waals surface area (Å²) in [6.45, 7) is 9.62. The van der Waals surface area contributed by atoms with Crippen molar-refractivity contribution in [3.05, 3.63) is 22.4 Å². The zero-order valence-electron chi connectivity index (χ0n) is 17.0. The first kappa shape index (κ1) is 19.9. The molecule has 2 fully saturated rings. The van der Waals surface area contributed by atoms with E-state index >= 15 is 0 Å². The van der Waals surface area contributed by atoms with Crippen LogP contribution in [0.4, 0.5) is 0 Å². The number of thiophene rings is 1. The molecule has 1 aromatic rings. The van der Waals surface area contributed by atoms with Gasteiger partial charge in [0, 0.05) is 5.92 Å². The van der Waals surface area contributed by atoms with Gasteiger partial charge in [0.05, 0.1) is 0 Å². The third kappa shape index (κ3) is 4.18. The van der Waals surface area contributed by atoms with E-state index in [4.69, 9.17) is 4.74 Å². The molecule has 0 N–H and O–H groups in total. The second-order valence-corrected chi connectivity index (χ2v) is 10.4. The molecule has 2 saturated carbocycles. The van der Waals surface area contributed by atoms with Crippen molar-refractivity contribution in [1.82, 2.24) is 0 Å². The zero-order chi connectivity index (χ0) is 18.7. The van der Waals surface area contributed by atoms with Crippen LogP contribution in [-0.2, 0) is 4.74 Å². The number of hydrogen-bond acceptors (Lipinski definition) is 3. The van der Waals surface area contributed by atoms with E-state index < -0.39 is 0 Å². The molecule has 0 bridgehead atoms. The Bertz CT molecular complexity index is 579. The van der Waals surface area contributed by atoms with Gasteiger partial charge in [0.25, 0.3) is 0 Å². The van der Waals surface area contributed by atoms with E-state index in [-0.39, 0.29) is 12.1 Å². The fourth-order valence-electron chi connectivity index (χ4n) is 5.88. The molecule has 0 aliphatic heterocycles. The summed E-state index contributed by atoms with van der Waals surface area (Å²) in [4.78, 5) is 13.2. The van der Waals surface area contributed by atoms with Crippen LogP contribution in [0.3, 0.4) is 0 Å². The van der Waals surface area contributed by atoms with Gasteiger partial charge in [-0.15, -0.1) is 11.3 Å². The van der Waals surface area contributed by atoms with E-state index in [2.05, 4.69) is 27.7 Å². The van der Waals surface area contributed by atoms with Crippen LogP contribution in [0.2, 0.25) is 0 Å². The summed E-state index contributed by atoms with van der Waals surface area (Å²) in [5.41, 5.74) is 0.357. The average Bonchev–Trinajstić information content (AvgIpc) is 3.22. The monoisotopic (exact) mass is 376 g/mol. The van der Waals surface area contributed by atoms with Crippen LogP contribution in [0.15, 0.2) is 17.5 Å². The number of fused-ring (bicyclic) bond motifs is 1. The zero-order valence-corrected chi connectivity index (χ0v) is 17.8. The molecular formula is C23H36O2S. The van der Waals surface area contributed by atoms with Gasteiger partial charge in [-0.1, -0.05) is 53.0 Å². The summed E-state index contributed by atoms with van der Waals surface area (Å²) in [6.07, 6.45) is 10.3. The lowest BCUT2D eigenvalue weighted by molar-refractivity contribution is -0.0470. The van der Waals surface area contributed by atoms with Crippen molar-refractivity contribution < 1.29 is 9.53 Å². The van der Waals surface area contributed by atoms with Crippen molar-refractivity contribution in [2.45, 2.75) is 85.2 Å². The van der Waals surface area contributed by atoms with Gasteiger partial charge in [-0.2, -0.15) is 0 Å². The Kier molecular flexibility index (Phi) is 6.48. The molecule has 1 heterocycles. The highest BCUT2D eigenvalue weighted by Gasteiger charge is 2.53. The molecule has 0 aromatic carbocycles. The SMILES string of the molecule is CC(C)CCC[C@@H](C)[C@H]1CC[C@H]2[C@@H](OC(=O)c3cccs3)CCC[C@]12C. The first-order valence-electron chi connectivity index (χ1n) is 10.7. The molecule has 0 saturated heterocycles. The summed E-state index contributed by atoms with van der Waals surface area (Å²) in [7, 11) is 0. The summed E-state index contributed by atoms with van der Waals surface area (Å²) < 4.78 is 6.03. The van der Waals surface area contributed by atoms with Gasteiger partial charge in [-0.25, -0.2) is 4.79 Å². The minimum Gasteiger partial charge on any atom is -0.458 e. The second kappa shape index (κ2) is 8.46. The molecular weight excluding hydrogens is 340 g/mol. The Hall–Kier alpha value is -0.830. The van der Waals surface area contributed by atoms with Crippen molar-refractivity contribution in [2.75, 3.05) is 0 Å². The summed E-state index contributed by atoms with van der Waals surface area (Å²) in [5, 5.41) is 1.95. The number of rotatable bonds is 7. The first-order chi connectivity index (χ1) is 12.4. The molecule has 0 unspecified atom stereocenters. The molecule has 0 spiro atoms. The van der Waals surface area contributed by atoms with Crippen LogP contribution >= 0.6 is 11.3 Å². The van der Waals surface area contributed by atoms with E-state index in [0.29, 0.717) is 11.3 Å². The van der Waals surface area contributed by atoms with Crippen LogP contribution in [0.1, 0.15) is 88.7 Å². The number of carbonyl (C=O) groups excluding carboxylic acids is 1. The Balaban J connectivity index is 1.63. The van der Waals surface area contributed by atoms with Gasteiger partial charge in [-0.3, -0.25) is 0 Å². The maximum absolute atomic E-state index is 12.5. The van der Waals surface area contributed by atoms with E-state index in [9.17, 15) is 4.79 Å². The normalized spacial score (nSPS) is 32.4. The standard InChI is InChI=1S/C23H36O2S/c1-16(2)8-5-9-17(3)18-12-13-19-20(10-6-14-23(18,19)4)25-22(24)21-11-7-15-26-21/h7,11,15-20H,5-6,8-10,12-14H2,1-4H3/t17-,18-,19+,20+,23-/m1/s1. The Morgan fingerprint density at radius 1 is 1.27 bits per heavy atom. The number of hydrogen-bond donors (Lipinski definition) is 0. The summed E-state index contributed by atoms with van der Waals surface area (Å²) in [6, 6.07) is 3.81. The third-order valence-corrected chi connectivity index (χ3v) is 8.09. The Labute approximate surface area is 163 Å². The van der Waals surface area contributed by atoms with E-state index in [1.165, 1.54) is 56.3 Å². The minimum atomic E-state index is -0.109. The fraction of sp³-hybridized carbons (Fsp3) is 0.783. The quantitative estimate of drug-likeness (QED) is 0.481. The smallest absolute Gasteiger partial charge is 0.348 e. The van der Waals surface area contributed by atoms with Crippen LogP contribution in [0, 0.1) is 29.1 Å². The van der Waals surface area contributed by atoms with Crippen molar-refractivity contribution >= 4 is 17.3 Å². The van der Waals surface area contributed by atoms with Gasteiger partial charge in [-0.05, 0) is 66.7 Å². The highest BCUT2D eigenvalue weighted by molar-refractivity contribution is 7.11. The molecule has 146 valence electrons. The molecule has 3 heteroatoms. The highest BCUT2D eigenvalue weighted by atomic mass is 32.1. The maximum Gasteiger partial charge on any atom is 0.348 e. The van der Waals surface area contributed by atoms with E-state index in [1.54, 1.807) is 0 Å². The van der Waals surface area contributed by atoms with Crippen molar-refractivity contribution in [3.8, 4) is 0 Å².